The number of carboxylic acids is 1. The molecule has 0 bridgehead atoms. The highest BCUT2D eigenvalue weighted by Gasteiger charge is 2.16. The molecular formula is C13H13N3O4S. The Kier molecular flexibility index (Phi) is 4.18. The molecule has 0 spiro atoms. The maximum Gasteiger partial charge on any atom is 0.309 e. The van der Waals surface area contributed by atoms with Crippen molar-refractivity contribution < 1.29 is 14.7 Å². The van der Waals surface area contributed by atoms with Crippen LogP contribution in [0.2, 0.25) is 0 Å². The monoisotopic (exact) mass is 307 g/mol. The van der Waals surface area contributed by atoms with Crippen molar-refractivity contribution in [3.8, 4) is 0 Å². The molecule has 0 aromatic carbocycles. The van der Waals surface area contributed by atoms with E-state index in [4.69, 9.17) is 5.11 Å². The van der Waals surface area contributed by atoms with Crippen molar-refractivity contribution in [3.63, 3.8) is 0 Å². The minimum atomic E-state index is -0.996. The predicted molar refractivity (Wildman–Crippen MR) is 77.9 cm³/mol. The van der Waals surface area contributed by atoms with Crippen LogP contribution in [0.1, 0.15) is 27.3 Å². The van der Waals surface area contributed by atoms with E-state index in [1.165, 1.54) is 0 Å². The molecule has 110 valence electrons. The lowest BCUT2D eigenvalue weighted by Crippen LogP contribution is -2.25. The summed E-state index contributed by atoms with van der Waals surface area (Å²) in [6.45, 7) is 3.41. The number of amides is 1. The molecule has 0 saturated carbocycles. The Hall–Kier alpha value is -2.48. The molecule has 21 heavy (non-hydrogen) atoms. The van der Waals surface area contributed by atoms with E-state index in [9.17, 15) is 14.4 Å². The molecule has 2 aromatic rings. The number of aromatic nitrogens is 2. The van der Waals surface area contributed by atoms with Crippen LogP contribution in [-0.2, 0) is 11.2 Å². The molecule has 0 radical (unpaired) electrons. The van der Waals surface area contributed by atoms with Crippen LogP contribution < -0.4 is 10.9 Å². The molecule has 0 atom stereocenters. The Morgan fingerprint density at radius 3 is 2.76 bits per heavy atom. The molecule has 2 rings (SSSR count). The number of anilines is 1. The topological polar surface area (TPSA) is 112 Å². The fourth-order valence-electron chi connectivity index (χ4n) is 1.90. The lowest BCUT2D eigenvalue weighted by molar-refractivity contribution is -0.136. The van der Waals surface area contributed by atoms with Gasteiger partial charge in [-0.1, -0.05) is 0 Å². The van der Waals surface area contributed by atoms with E-state index in [0.29, 0.717) is 17.0 Å². The average molecular weight is 307 g/mol. The van der Waals surface area contributed by atoms with Crippen molar-refractivity contribution in [1.82, 2.24) is 9.97 Å². The van der Waals surface area contributed by atoms with Crippen molar-refractivity contribution in [1.29, 1.82) is 0 Å². The molecule has 0 aliphatic heterocycles. The maximum atomic E-state index is 12.1. The first kappa shape index (κ1) is 14.9. The number of aryl methyl sites for hydroxylation is 2. The van der Waals surface area contributed by atoms with Crippen LogP contribution >= 0.6 is 11.3 Å². The number of H-pyrrole nitrogens is 1. The maximum absolute atomic E-state index is 12.1. The second-order valence-corrected chi connectivity index (χ2v) is 5.37. The van der Waals surface area contributed by atoms with E-state index < -0.39 is 17.4 Å². The van der Waals surface area contributed by atoms with Gasteiger partial charge in [-0.2, -0.15) is 0 Å². The van der Waals surface area contributed by atoms with E-state index in [0.717, 1.165) is 11.3 Å². The molecule has 0 aliphatic carbocycles. The van der Waals surface area contributed by atoms with Crippen molar-refractivity contribution in [3.05, 3.63) is 44.3 Å². The summed E-state index contributed by atoms with van der Waals surface area (Å²) in [7, 11) is 0. The molecule has 0 fully saturated rings. The number of pyridine rings is 1. The van der Waals surface area contributed by atoms with Crippen LogP contribution in [0.5, 0.6) is 0 Å². The second-order valence-electron chi connectivity index (χ2n) is 4.51. The molecule has 0 unspecified atom stereocenters. The zero-order valence-electron chi connectivity index (χ0n) is 11.4. The number of hydrogen-bond acceptors (Lipinski definition) is 5. The Morgan fingerprint density at radius 2 is 2.14 bits per heavy atom. The van der Waals surface area contributed by atoms with E-state index in [2.05, 4.69) is 15.3 Å². The minimum absolute atomic E-state index is 0.0237. The molecule has 2 aromatic heterocycles. The third kappa shape index (κ3) is 3.54. The van der Waals surface area contributed by atoms with Crippen LogP contribution in [0.25, 0.3) is 0 Å². The SMILES string of the molecule is Cc1cc(C)c(C(=O)Nc2nc(CC(=O)O)cs2)c(=O)[nH]1. The van der Waals surface area contributed by atoms with Crippen molar-refractivity contribution >= 4 is 28.3 Å². The van der Waals surface area contributed by atoms with E-state index in [1.54, 1.807) is 25.3 Å². The average Bonchev–Trinajstić information content (AvgIpc) is 2.73. The highest BCUT2D eigenvalue weighted by Crippen LogP contribution is 2.17. The lowest BCUT2D eigenvalue weighted by Gasteiger charge is -2.05. The Bertz CT molecular complexity index is 763. The predicted octanol–water partition coefficient (Wildman–Crippen LogP) is 1.33. The number of rotatable bonds is 4. The summed E-state index contributed by atoms with van der Waals surface area (Å²) in [5.74, 6) is -1.56. The third-order valence-corrected chi connectivity index (χ3v) is 3.50. The summed E-state index contributed by atoms with van der Waals surface area (Å²) in [6, 6.07) is 1.70. The van der Waals surface area contributed by atoms with E-state index in [1.807, 2.05) is 0 Å². The zero-order valence-corrected chi connectivity index (χ0v) is 12.2. The van der Waals surface area contributed by atoms with Gasteiger partial charge in [0.1, 0.15) is 5.56 Å². The largest absolute Gasteiger partial charge is 0.481 e. The number of thiazole rings is 1. The summed E-state index contributed by atoms with van der Waals surface area (Å²) < 4.78 is 0. The first-order chi connectivity index (χ1) is 9.86. The number of aromatic amines is 1. The van der Waals surface area contributed by atoms with Gasteiger partial charge in [0, 0.05) is 11.1 Å². The molecule has 7 nitrogen and oxygen atoms in total. The molecule has 3 N–H and O–H groups in total. The number of nitrogens with one attached hydrogen (secondary N) is 2. The quantitative estimate of drug-likeness (QED) is 0.788. The Morgan fingerprint density at radius 1 is 1.43 bits per heavy atom. The summed E-state index contributed by atoms with van der Waals surface area (Å²) >= 11 is 1.11. The van der Waals surface area contributed by atoms with Gasteiger partial charge in [0.2, 0.25) is 0 Å². The van der Waals surface area contributed by atoms with Crippen LogP contribution in [0.15, 0.2) is 16.2 Å². The second kappa shape index (κ2) is 5.88. The number of aliphatic carboxylic acids is 1. The van der Waals surface area contributed by atoms with Crippen LogP contribution in [0.4, 0.5) is 5.13 Å². The number of carbonyl (C=O) groups is 2. The van der Waals surface area contributed by atoms with Gasteiger partial charge in [0.15, 0.2) is 5.13 Å². The summed E-state index contributed by atoms with van der Waals surface area (Å²) in [4.78, 5) is 41.1. The lowest BCUT2D eigenvalue weighted by atomic mass is 10.1. The van der Waals surface area contributed by atoms with E-state index >= 15 is 0 Å². The highest BCUT2D eigenvalue weighted by atomic mass is 32.1. The first-order valence-electron chi connectivity index (χ1n) is 6.05. The molecule has 0 aliphatic rings. The van der Waals surface area contributed by atoms with Gasteiger partial charge in [0.05, 0.1) is 12.1 Å². The van der Waals surface area contributed by atoms with E-state index in [-0.39, 0.29) is 17.1 Å². The number of carboxylic acid groups (broad SMARTS) is 1. The molecule has 0 saturated heterocycles. The Labute approximate surface area is 123 Å². The zero-order chi connectivity index (χ0) is 15.6. The van der Waals surface area contributed by atoms with Gasteiger partial charge < -0.3 is 10.1 Å². The Balaban J connectivity index is 2.21. The molecule has 2 heterocycles. The number of nitrogens with zero attached hydrogens (tertiary/aromatic N) is 1. The first-order valence-corrected chi connectivity index (χ1v) is 6.93. The smallest absolute Gasteiger partial charge is 0.309 e. The van der Waals surface area contributed by atoms with Crippen LogP contribution in [0, 0.1) is 13.8 Å². The van der Waals surface area contributed by atoms with Gasteiger partial charge in [-0.15, -0.1) is 11.3 Å². The van der Waals surface area contributed by atoms with Crippen molar-refractivity contribution in [2.45, 2.75) is 20.3 Å². The van der Waals surface area contributed by atoms with Crippen molar-refractivity contribution in [2.75, 3.05) is 5.32 Å². The van der Waals surface area contributed by atoms with Crippen LogP contribution in [-0.4, -0.2) is 27.0 Å². The van der Waals surface area contributed by atoms with Gasteiger partial charge >= 0.3 is 5.97 Å². The number of carbonyl (C=O) groups excluding carboxylic acids is 1. The van der Waals surface area contributed by atoms with Gasteiger partial charge in [-0.3, -0.25) is 19.7 Å². The molecular weight excluding hydrogens is 294 g/mol. The summed E-state index contributed by atoms with van der Waals surface area (Å²) in [5.41, 5.74) is 1.16. The highest BCUT2D eigenvalue weighted by molar-refractivity contribution is 7.14. The normalized spacial score (nSPS) is 10.4. The van der Waals surface area contributed by atoms with Gasteiger partial charge in [0.25, 0.3) is 11.5 Å². The third-order valence-electron chi connectivity index (χ3n) is 2.70. The fraction of sp³-hybridized carbons (Fsp3) is 0.231. The van der Waals surface area contributed by atoms with Crippen LogP contribution in [0.3, 0.4) is 0 Å². The van der Waals surface area contributed by atoms with Gasteiger partial charge in [-0.25, -0.2) is 4.98 Å². The fourth-order valence-corrected chi connectivity index (χ4v) is 2.60. The minimum Gasteiger partial charge on any atom is -0.481 e. The summed E-state index contributed by atoms with van der Waals surface area (Å²) in [6.07, 6.45) is -0.212. The molecule has 8 heteroatoms. The molecule has 1 amide bonds. The van der Waals surface area contributed by atoms with Gasteiger partial charge in [-0.05, 0) is 25.5 Å². The van der Waals surface area contributed by atoms with Crippen molar-refractivity contribution in [2.24, 2.45) is 0 Å². The summed E-state index contributed by atoms with van der Waals surface area (Å²) in [5, 5.41) is 13.0. The standard InChI is InChI=1S/C13H13N3O4S/c1-6-3-7(2)14-11(19)10(6)12(20)16-13-15-8(5-21-13)4-9(17)18/h3,5H,4H2,1-2H3,(H,14,19)(H,17,18)(H,15,16,20). The number of hydrogen-bond donors (Lipinski definition) is 3.